The van der Waals surface area contributed by atoms with Crippen molar-refractivity contribution in [1.82, 2.24) is 5.32 Å². The second-order valence-electron chi connectivity index (χ2n) is 4.46. The fraction of sp³-hybridized carbons (Fsp3) is 0.462. The van der Waals surface area contributed by atoms with Gasteiger partial charge < -0.3 is 20.3 Å². The van der Waals surface area contributed by atoms with Crippen LogP contribution in [0.5, 0.6) is 5.75 Å². The maximum Gasteiger partial charge on any atom is 0.311 e. The minimum atomic E-state index is -1.06. The Kier molecular flexibility index (Phi) is 6.07. The molecule has 1 aromatic carbocycles. The number of aliphatic hydroxyl groups is 1. The molecule has 116 valence electrons. The fourth-order valence-electron chi connectivity index (χ4n) is 2.01. The number of nitro groups is 1. The number of aliphatic carboxylic acids is 1. The zero-order valence-electron chi connectivity index (χ0n) is 11.8. The molecule has 1 rings (SSSR count). The number of rotatable bonds is 8. The van der Waals surface area contributed by atoms with Crippen LogP contribution in [0.3, 0.4) is 0 Å². The first-order chi connectivity index (χ1) is 9.90. The first kappa shape index (κ1) is 16.9. The van der Waals surface area contributed by atoms with Gasteiger partial charge in [0.1, 0.15) is 0 Å². The summed E-state index contributed by atoms with van der Waals surface area (Å²) in [7, 11) is 2.91. The molecule has 0 amide bonds. The molecular formula is C13H18N2O6. The van der Waals surface area contributed by atoms with Gasteiger partial charge in [-0.05, 0) is 25.1 Å². The SMILES string of the molecule is CNC(CCC(=O)O)C(O)c1ccc(OC)c([N+](=O)[O-])c1. The number of nitrogens with zero attached hydrogens (tertiary/aromatic N) is 1. The highest BCUT2D eigenvalue weighted by Crippen LogP contribution is 2.31. The Morgan fingerprint density at radius 2 is 2.19 bits per heavy atom. The molecule has 0 radical (unpaired) electrons. The third-order valence-electron chi connectivity index (χ3n) is 3.16. The van der Waals surface area contributed by atoms with Gasteiger partial charge in [-0.2, -0.15) is 0 Å². The molecule has 0 saturated carbocycles. The number of nitro benzene ring substituents is 1. The lowest BCUT2D eigenvalue weighted by molar-refractivity contribution is -0.385. The lowest BCUT2D eigenvalue weighted by atomic mass is 9.98. The van der Waals surface area contributed by atoms with E-state index < -0.39 is 23.0 Å². The molecule has 0 aliphatic rings. The summed E-state index contributed by atoms with van der Waals surface area (Å²) in [5, 5.41) is 32.7. The van der Waals surface area contributed by atoms with Crippen molar-refractivity contribution in [1.29, 1.82) is 0 Å². The number of hydrogen-bond donors (Lipinski definition) is 3. The molecule has 0 aliphatic heterocycles. The number of likely N-dealkylation sites (N-methyl/N-ethyl adjacent to an activating group) is 1. The third-order valence-corrected chi connectivity index (χ3v) is 3.16. The summed E-state index contributed by atoms with van der Waals surface area (Å²) in [5.74, 6) is -0.870. The van der Waals surface area contributed by atoms with E-state index in [1.54, 1.807) is 7.05 Å². The number of hydrogen-bond acceptors (Lipinski definition) is 6. The quantitative estimate of drug-likeness (QED) is 0.485. The summed E-state index contributed by atoms with van der Waals surface area (Å²) >= 11 is 0. The molecule has 2 unspecified atom stereocenters. The van der Waals surface area contributed by atoms with Gasteiger partial charge in [0.05, 0.1) is 18.1 Å². The van der Waals surface area contributed by atoms with Crippen LogP contribution in [0, 0.1) is 10.1 Å². The Hall–Kier alpha value is -2.19. The monoisotopic (exact) mass is 298 g/mol. The van der Waals surface area contributed by atoms with Gasteiger partial charge in [-0.15, -0.1) is 0 Å². The average molecular weight is 298 g/mol. The van der Waals surface area contributed by atoms with Crippen molar-refractivity contribution >= 4 is 11.7 Å². The number of carboxylic acid groups (broad SMARTS) is 1. The fourth-order valence-corrected chi connectivity index (χ4v) is 2.01. The molecule has 0 fully saturated rings. The lowest BCUT2D eigenvalue weighted by Crippen LogP contribution is -2.32. The summed E-state index contributed by atoms with van der Waals surface area (Å²) < 4.78 is 4.89. The van der Waals surface area contributed by atoms with Crippen LogP contribution >= 0.6 is 0 Å². The van der Waals surface area contributed by atoms with Crippen molar-refractivity contribution in [2.24, 2.45) is 0 Å². The molecule has 1 aromatic rings. The Labute approximate surface area is 121 Å². The van der Waals surface area contributed by atoms with Gasteiger partial charge in [0.15, 0.2) is 5.75 Å². The van der Waals surface area contributed by atoms with E-state index in [0.717, 1.165) is 0 Å². The Bertz CT molecular complexity index is 519. The molecule has 0 heterocycles. The highest BCUT2D eigenvalue weighted by atomic mass is 16.6. The van der Waals surface area contributed by atoms with Crippen molar-refractivity contribution < 1.29 is 24.7 Å². The van der Waals surface area contributed by atoms with Crippen molar-refractivity contribution in [3.05, 3.63) is 33.9 Å². The number of carbonyl (C=O) groups is 1. The molecule has 3 N–H and O–H groups in total. The van der Waals surface area contributed by atoms with Crippen molar-refractivity contribution in [3.8, 4) is 5.75 Å². The molecule has 0 aliphatic carbocycles. The highest BCUT2D eigenvalue weighted by Gasteiger charge is 2.24. The number of aliphatic hydroxyl groups excluding tert-OH is 1. The average Bonchev–Trinajstić information content (AvgIpc) is 2.46. The predicted octanol–water partition coefficient (Wildman–Crippen LogP) is 1.09. The molecule has 0 spiro atoms. The minimum Gasteiger partial charge on any atom is -0.490 e. The van der Waals surface area contributed by atoms with Crippen LogP contribution in [0.15, 0.2) is 18.2 Å². The molecule has 21 heavy (non-hydrogen) atoms. The topological polar surface area (TPSA) is 122 Å². The number of methoxy groups -OCH3 is 1. The van der Waals surface area contributed by atoms with Crippen molar-refractivity contribution in [2.75, 3.05) is 14.2 Å². The number of nitrogens with one attached hydrogen (secondary N) is 1. The lowest BCUT2D eigenvalue weighted by Gasteiger charge is -2.22. The third kappa shape index (κ3) is 4.40. The zero-order valence-corrected chi connectivity index (χ0v) is 11.8. The number of benzene rings is 1. The van der Waals surface area contributed by atoms with Gasteiger partial charge in [0.2, 0.25) is 0 Å². The smallest absolute Gasteiger partial charge is 0.311 e. The molecule has 0 bridgehead atoms. The van der Waals surface area contributed by atoms with Gasteiger partial charge in [-0.3, -0.25) is 14.9 Å². The van der Waals surface area contributed by atoms with Gasteiger partial charge in [-0.25, -0.2) is 0 Å². The van der Waals surface area contributed by atoms with Gasteiger partial charge in [-0.1, -0.05) is 6.07 Å². The van der Waals surface area contributed by atoms with Gasteiger partial charge in [0, 0.05) is 18.5 Å². The molecular weight excluding hydrogens is 280 g/mol. The van der Waals surface area contributed by atoms with E-state index in [0.29, 0.717) is 5.56 Å². The molecule has 2 atom stereocenters. The maximum absolute atomic E-state index is 11.0. The first-order valence-electron chi connectivity index (χ1n) is 6.30. The Morgan fingerprint density at radius 1 is 1.52 bits per heavy atom. The summed E-state index contributed by atoms with van der Waals surface area (Å²) in [6.45, 7) is 0. The van der Waals surface area contributed by atoms with E-state index in [-0.39, 0.29) is 24.3 Å². The van der Waals surface area contributed by atoms with Gasteiger partial charge in [0.25, 0.3) is 0 Å². The second-order valence-corrected chi connectivity index (χ2v) is 4.46. The molecule has 0 aromatic heterocycles. The summed E-state index contributed by atoms with van der Waals surface area (Å²) in [6.07, 6.45) is -0.966. The summed E-state index contributed by atoms with van der Waals surface area (Å²) in [6, 6.07) is 3.63. The molecule has 0 saturated heterocycles. The first-order valence-corrected chi connectivity index (χ1v) is 6.30. The predicted molar refractivity (Wildman–Crippen MR) is 74.3 cm³/mol. The van der Waals surface area contributed by atoms with E-state index in [2.05, 4.69) is 5.32 Å². The Balaban J connectivity index is 2.99. The van der Waals surface area contributed by atoms with Crippen LogP contribution in [-0.4, -0.2) is 41.3 Å². The van der Waals surface area contributed by atoms with Crippen LogP contribution in [-0.2, 0) is 4.79 Å². The number of ether oxygens (including phenoxy) is 1. The maximum atomic E-state index is 11.0. The normalized spacial score (nSPS) is 13.5. The van der Waals surface area contributed by atoms with E-state index in [1.807, 2.05) is 0 Å². The van der Waals surface area contributed by atoms with Crippen molar-refractivity contribution in [2.45, 2.75) is 25.0 Å². The molecule has 8 nitrogen and oxygen atoms in total. The van der Waals surface area contributed by atoms with E-state index in [4.69, 9.17) is 9.84 Å². The van der Waals surface area contributed by atoms with Crippen LogP contribution in [0.2, 0.25) is 0 Å². The van der Waals surface area contributed by atoms with E-state index in [9.17, 15) is 20.0 Å². The molecule has 8 heteroatoms. The largest absolute Gasteiger partial charge is 0.490 e. The Morgan fingerprint density at radius 3 is 2.67 bits per heavy atom. The van der Waals surface area contributed by atoms with Crippen LogP contribution < -0.4 is 10.1 Å². The van der Waals surface area contributed by atoms with Crippen molar-refractivity contribution in [3.63, 3.8) is 0 Å². The van der Waals surface area contributed by atoms with Crippen LogP contribution in [0.1, 0.15) is 24.5 Å². The zero-order chi connectivity index (χ0) is 16.0. The second kappa shape index (κ2) is 7.55. The standard InChI is InChI=1S/C13H18N2O6/c1-14-9(4-6-12(16)17)13(18)8-3-5-11(21-2)10(7-8)15(19)20/h3,5,7,9,13-14,18H,4,6H2,1-2H3,(H,16,17). The highest BCUT2D eigenvalue weighted by molar-refractivity contribution is 5.66. The van der Waals surface area contributed by atoms with E-state index >= 15 is 0 Å². The number of carboxylic acids is 1. The summed E-state index contributed by atoms with van der Waals surface area (Å²) in [5.41, 5.74) is 0.0781. The van der Waals surface area contributed by atoms with Crippen LogP contribution in [0.4, 0.5) is 5.69 Å². The van der Waals surface area contributed by atoms with Crippen LogP contribution in [0.25, 0.3) is 0 Å². The van der Waals surface area contributed by atoms with Gasteiger partial charge >= 0.3 is 11.7 Å². The van der Waals surface area contributed by atoms with E-state index in [1.165, 1.54) is 25.3 Å². The minimum absolute atomic E-state index is 0.0995. The summed E-state index contributed by atoms with van der Waals surface area (Å²) in [4.78, 5) is 21.0.